The zero-order valence-electron chi connectivity index (χ0n) is 17.5. The summed E-state index contributed by atoms with van der Waals surface area (Å²) in [6.45, 7) is 0.869. The van der Waals surface area contributed by atoms with Crippen LogP contribution in [0.5, 0.6) is 5.75 Å². The highest BCUT2D eigenvalue weighted by Gasteiger charge is 2.36. The first-order valence-electron chi connectivity index (χ1n) is 10.2. The lowest BCUT2D eigenvalue weighted by Crippen LogP contribution is -3.08. The minimum absolute atomic E-state index is 0.0930. The summed E-state index contributed by atoms with van der Waals surface area (Å²) in [5.41, 5.74) is 2.74. The molecule has 4 rings (SSSR count). The van der Waals surface area contributed by atoms with Crippen LogP contribution < -0.4 is 9.64 Å². The highest BCUT2D eigenvalue weighted by molar-refractivity contribution is 6.03. The van der Waals surface area contributed by atoms with Crippen LogP contribution in [0.15, 0.2) is 76.4 Å². The maximum Gasteiger partial charge on any atom is 0.298 e. The number of hydrogen-bond donors (Lipinski definition) is 1. The third-order valence-electron chi connectivity index (χ3n) is 5.33. The first-order chi connectivity index (χ1) is 15.0. The van der Waals surface area contributed by atoms with Crippen LogP contribution in [0.3, 0.4) is 0 Å². The molecule has 0 spiro atoms. The largest absolute Gasteiger partial charge is 0.497 e. The van der Waals surface area contributed by atoms with Gasteiger partial charge in [-0.05, 0) is 54.1 Å². The molecule has 0 fully saturated rings. The Kier molecular flexibility index (Phi) is 6.13. The van der Waals surface area contributed by atoms with E-state index in [1.54, 1.807) is 25.5 Å². The van der Waals surface area contributed by atoms with Crippen molar-refractivity contribution in [2.75, 3.05) is 20.7 Å². The van der Waals surface area contributed by atoms with E-state index < -0.39 is 0 Å². The van der Waals surface area contributed by atoms with Crippen LogP contribution in [-0.4, -0.2) is 37.3 Å². The van der Waals surface area contributed by atoms with E-state index in [1.807, 2.05) is 43.4 Å². The Morgan fingerprint density at radius 2 is 1.94 bits per heavy atom. The van der Waals surface area contributed by atoms with E-state index in [4.69, 9.17) is 9.15 Å². The standard InChI is InChI=1S/C24H24FN3O3/c1-27(15-17-5-9-19(25)10-6-17)16-24(29)28-22(23-4-3-13-31-23)14-21(26-28)18-7-11-20(30-2)12-8-18/h3-13,22H,14-16H2,1-2H3/p+1/t22-/m0/s1. The Labute approximate surface area is 180 Å². The average molecular weight is 422 g/mol. The zero-order valence-corrected chi connectivity index (χ0v) is 17.5. The maximum absolute atomic E-state index is 13.2. The van der Waals surface area contributed by atoms with Crippen molar-refractivity contribution >= 4 is 11.6 Å². The van der Waals surface area contributed by atoms with Gasteiger partial charge in [0.25, 0.3) is 5.91 Å². The second-order valence-electron chi connectivity index (χ2n) is 7.69. The smallest absolute Gasteiger partial charge is 0.298 e. The van der Waals surface area contributed by atoms with Crippen LogP contribution in [0.4, 0.5) is 4.39 Å². The van der Waals surface area contributed by atoms with Crippen LogP contribution in [0.2, 0.25) is 0 Å². The van der Waals surface area contributed by atoms with Crippen LogP contribution in [0.1, 0.15) is 29.3 Å². The molecule has 0 saturated heterocycles. The number of quaternary nitrogens is 1. The number of nitrogens with zero attached hydrogens (tertiary/aromatic N) is 2. The fourth-order valence-corrected chi connectivity index (χ4v) is 3.75. The highest BCUT2D eigenvalue weighted by Crippen LogP contribution is 2.33. The number of benzene rings is 2. The SMILES string of the molecule is COc1ccc(C2=NN(C(=O)C[NH+](C)Cc3ccc(F)cc3)[C@H](c3ccco3)C2)cc1. The maximum atomic E-state index is 13.2. The predicted molar refractivity (Wildman–Crippen MR) is 114 cm³/mol. The van der Waals surface area contributed by atoms with Crippen molar-refractivity contribution < 1.29 is 23.2 Å². The molecule has 0 radical (unpaired) electrons. The lowest BCUT2D eigenvalue weighted by Gasteiger charge is -2.21. The molecule has 1 amide bonds. The van der Waals surface area contributed by atoms with Crippen molar-refractivity contribution in [2.24, 2.45) is 5.10 Å². The van der Waals surface area contributed by atoms with Gasteiger partial charge in [-0.3, -0.25) is 4.79 Å². The molecular formula is C24H25FN3O3+. The monoisotopic (exact) mass is 422 g/mol. The Morgan fingerprint density at radius 3 is 2.58 bits per heavy atom. The molecule has 2 heterocycles. The zero-order chi connectivity index (χ0) is 21.8. The van der Waals surface area contributed by atoms with Gasteiger partial charge in [0, 0.05) is 12.0 Å². The lowest BCUT2D eigenvalue weighted by atomic mass is 10.0. The molecule has 0 saturated carbocycles. The topological polar surface area (TPSA) is 59.5 Å². The van der Waals surface area contributed by atoms with Crippen LogP contribution in [0, 0.1) is 5.82 Å². The number of carbonyl (C=O) groups is 1. The summed E-state index contributed by atoms with van der Waals surface area (Å²) >= 11 is 0. The molecule has 2 aromatic carbocycles. The molecule has 31 heavy (non-hydrogen) atoms. The van der Waals surface area contributed by atoms with Gasteiger partial charge in [0.15, 0.2) is 6.54 Å². The molecule has 1 aromatic heterocycles. The van der Waals surface area contributed by atoms with E-state index in [2.05, 4.69) is 5.10 Å². The minimum Gasteiger partial charge on any atom is -0.497 e. The van der Waals surface area contributed by atoms with Gasteiger partial charge in [-0.15, -0.1) is 0 Å². The van der Waals surface area contributed by atoms with E-state index in [9.17, 15) is 9.18 Å². The average Bonchev–Trinajstić information content (AvgIpc) is 3.45. The first kappa shape index (κ1) is 20.8. The third kappa shape index (κ3) is 4.83. The summed E-state index contributed by atoms with van der Waals surface area (Å²) < 4.78 is 24.0. The Morgan fingerprint density at radius 1 is 1.19 bits per heavy atom. The van der Waals surface area contributed by atoms with Crippen LogP contribution in [0.25, 0.3) is 0 Å². The van der Waals surface area contributed by atoms with E-state index in [0.717, 1.165) is 27.5 Å². The van der Waals surface area contributed by atoms with Crippen LogP contribution >= 0.6 is 0 Å². The number of hydrogen-bond acceptors (Lipinski definition) is 4. The third-order valence-corrected chi connectivity index (χ3v) is 5.33. The molecule has 1 N–H and O–H groups in total. The minimum atomic E-state index is -0.279. The molecule has 0 aliphatic carbocycles. The van der Waals surface area contributed by atoms with E-state index in [-0.39, 0.29) is 24.3 Å². The number of furan rings is 1. The van der Waals surface area contributed by atoms with Gasteiger partial charge in [0.05, 0.1) is 26.1 Å². The van der Waals surface area contributed by atoms with E-state index in [1.165, 1.54) is 17.1 Å². The van der Waals surface area contributed by atoms with E-state index >= 15 is 0 Å². The highest BCUT2D eigenvalue weighted by atomic mass is 19.1. The van der Waals surface area contributed by atoms with Gasteiger partial charge in [0.2, 0.25) is 0 Å². The molecule has 2 atom stereocenters. The van der Waals surface area contributed by atoms with Crippen molar-refractivity contribution in [3.63, 3.8) is 0 Å². The second kappa shape index (κ2) is 9.14. The van der Waals surface area contributed by atoms with Gasteiger partial charge in [-0.1, -0.05) is 12.1 Å². The summed E-state index contributed by atoms with van der Waals surface area (Å²) in [6.07, 6.45) is 2.18. The van der Waals surface area contributed by atoms with Crippen LogP contribution in [-0.2, 0) is 11.3 Å². The summed E-state index contributed by atoms with van der Waals surface area (Å²) in [6, 6.07) is 17.4. The van der Waals surface area contributed by atoms with Crippen molar-refractivity contribution in [1.29, 1.82) is 0 Å². The normalized spacial score (nSPS) is 16.8. The quantitative estimate of drug-likeness (QED) is 0.637. The number of likely N-dealkylation sites (N-methyl/N-ethyl adjacent to an activating group) is 1. The van der Waals surface area contributed by atoms with Gasteiger partial charge >= 0.3 is 0 Å². The van der Waals surface area contributed by atoms with Crippen molar-refractivity contribution in [2.45, 2.75) is 19.0 Å². The van der Waals surface area contributed by atoms with Gasteiger partial charge in [-0.25, -0.2) is 9.40 Å². The Balaban J connectivity index is 1.51. The van der Waals surface area contributed by atoms with Crippen molar-refractivity contribution in [3.8, 4) is 5.75 Å². The van der Waals surface area contributed by atoms with Gasteiger partial charge in [0.1, 0.15) is 29.9 Å². The number of hydrazone groups is 1. The number of amides is 1. The number of rotatable bonds is 7. The number of nitrogens with one attached hydrogen (secondary N) is 1. The number of halogens is 1. The predicted octanol–water partition coefficient (Wildman–Crippen LogP) is 2.82. The fraction of sp³-hybridized carbons (Fsp3) is 0.250. The fourth-order valence-electron chi connectivity index (χ4n) is 3.75. The Hall–Kier alpha value is -3.45. The number of methoxy groups -OCH3 is 1. The summed E-state index contributed by atoms with van der Waals surface area (Å²) in [7, 11) is 3.56. The molecule has 1 aliphatic heterocycles. The molecule has 6 nitrogen and oxygen atoms in total. The molecule has 160 valence electrons. The Bertz CT molecular complexity index is 1050. The van der Waals surface area contributed by atoms with Gasteiger partial charge < -0.3 is 14.1 Å². The molecule has 1 aliphatic rings. The lowest BCUT2D eigenvalue weighted by molar-refractivity contribution is -0.885. The van der Waals surface area contributed by atoms with Crippen molar-refractivity contribution in [3.05, 3.63) is 89.6 Å². The first-order valence-corrected chi connectivity index (χ1v) is 10.2. The molecule has 3 aromatic rings. The number of carbonyl (C=O) groups excluding carboxylic acids is 1. The molecule has 0 bridgehead atoms. The molecule has 7 heteroatoms. The van der Waals surface area contributed by atoms with E-state index in [0.29, 0.717) is 18.7 Å². The summed E-state index contributed by atoms with van der Waals surface area (Å²) in [5.74, 6) is 1.11. The second-order valence-corrected chi connectivity index (χ2v) is 7.69. The molecule has 1 unspecified atom stereocenters. The summed E-state index contributed by atoms with van der Waals surface area (Å²) in [5, 5.41) is 6.19. The molecular weight excluding hydrogens is 397 g/mol. The summed E-state index contributed by atoms with van der Waals surface area (Å²) in [4.78, 5) is 14.1. The van der Waals surface area contributed by atoms with Gasteiger partial charge in [-0.2, -0.15) is 5.10 Å². The number of ether oxygens (including phenoxy) is 1. The van der Waals surface area contributed by atoms with Crippen molar-refractivity contribution in [1.82, 2.24) is 5.01 Å².